The highest BCUT2D eigenvalue weighted by Crippen LogP contribution is 2.35. The fraction of sp³-hybridized carbons (Fsp3) is 1.00. The second kappa shape index (κ2) is 2.88. The van der Waals surface area contributed by atoms with Crippen LogP contribution >= 0.6 is 0 Å². The molecular formula is C7H12F3NO. The summed E-state index contributed by atoms with van der Waals surface area (Å²) in [6, 6.07) is -0.850. The van der Waals surface area contributed by atoms with Crippen molar-refractivity contribution in [2.45, 2.75) is 37.6 Å². The molecule has 72 valence electrons. The molecule has 1 heterocycles. The lowest BCUT2D eigenvalue weighted by Gasteiger charge is -2.32. The highest BCUT2D eigenvalue weighted by Gasteiger charge is 2.55. The van der Waals surface area contributed by atoms with Gasteiger partial charge in [-0.05, 0) is 26.3 Å². The Morgan fingerprint density at radius 3 is 2.33 bits per heavy atom. The number of halogens is 3. The normalized spacial score (nSPS) is 30.2. The van der Waals surface area contributed by atoms with Crippen LogP contribution in [0.2, 0.25) is 0 Å². The van der Waals surface area contributed by atoms with Crippen molar-refractivity contribution in [1.82, 2.24) is 5.32 Å². The Bertz CT molecular complexity index is 161. The van der Waals surface area contributed by atoms with E-state index >= 15 is 0 Å². The fourth-order valence-electron chi connectivity index (χ4n) is 1.36. The van der Waals surface area contributed by atoms with E-state index in [1.165, 1.54) is 0 Å². The van der Waals surface area contributed by atoms with Gasteiger partial charge in [0.2, 0.25) is 0 Å². The van der Waals surface area contributed by atoms with E-state index in [0.717, 1.165) is 6.92 Å². The van der Waals surface area contributed by atoms with Crippen LogP contribution < -0.4 is 5.32 Å². The van der Waals surface area contributed by atoms with E-state index in [0.29, 0.717) is 19.4 Å². The molecule has 0 aromatic rings. The number of aliphatic hydroxyl groups is 1. The standard InChI is InChI=1S/C7H12F3NO/c1-6(12,7(8,9)10)5-3-2-4-11-5/h5,11-12H,2-4H2,1H3/t5-,6?/m0/s1. The Labute approximate surface area is 68.8 Å². The Balaban J connectivity index is 2.69. The third kappa shape index (κ3) is 1.56. The Hall–Kier alpha value is -0.290. The number of rotatable bonds is 1. The molecule has 1 fully saturated rings. The fourth-order valence-corrected chi connectivity index (χ4v) is 1.36. The van der Waals surface area contributed by atoms with Crippen molar-refractivity contribution >= 4 is 0 Å². The minimum absolute atomic E-state index is 0.381. The Morgan fingerprint density at radius 1 is 1.42 bits per heavy atom. The van der Waals surface area contributed by atoms with Gasteiger partial charge in [-0.25, -0.2) is 0 Å². The molecule has 5 heteroatoms. The summed E-state index contributed by atoms with van der Waals surface area (Å²) in [5, 5.41) is 11.8. The third-order valence-electron chi connectivity index (χ3n) is 2.31. The number of nitrogens with one attached hydrogen (secondary N) is 1. The van der Waals surface area contributed by atoms with Crippen molar-refractivity contribution in [3.05, 3.63) is 0 Å². The zero-order valence-corrected chi connectivity index (χ0v) is 6.78. The average Bonchev–Trinajstić information content (AvgIpc) is 2.34. The molecule has 0 spiro atoms. The molecule has 0 aromatic heterocycles. The zero-order valence-electron chi connectivity index (χ0n) is 6.78. The molecule has 12 heavy (non-hydrogen) atoms. The quantitative estimate of drug-likeness (QED) is 0.637. The van der Waals surface area contributed by atoms with Crippen LogP contribution in [0.3, 0.4) is 0 Å². The van der Waals surface area contributed by atoms with Crippen molar-refractivity contribution < 1.29 is 18.3 Å². The van der Waals surface area contributed by atoms with Gasteiger partial charge in [-0.3, -0.25) is 0 Å². The van der Waals surface area contributed by atoms with Crippen LogP contribution in [0, 0.1) is 0 Å². The van der Waals surface area contributed by atoms with Gasteiger partial charge in [0.15, 0.2) is 5.60 Å². The van der Waals surface area contributed by atoms with Crippen LogP contribution in [0.4, 0.5) is 13.2 Å². The summed E-state index contributed by atoms with van der Waals surface area (Å²) in [6.07, 6.45) is -3.47. The van der Waals surface area contributed by atoms with E-state index in [4.69, 9.17) is 5.11 Å². The van der Waals surface area contributed by atoms with Crippen LogP contribution in [0.1, 0.15) is 19.8 Å². The Morgan fingerprint density at radius 2 is 2.00 bits per heavy atom. The Kier molecular flexibility index (Phi) is 2.35. The molecule has 0 bridgehead atoms. The largest absolute Gasteiger partial charge is 0.418 e. The van der Waals surface area contributed by atoms with Crippen molar-refractivity contribution in [2.75, 3.05) is 6.54 Å². The highest BCUT2D eigenvalue weighted by molar-refractivity contribution is 4.96. The van der Waals surface area contributed by atoms with Gasteiger partial charge in [0.25, 0.3) is 0 Å². The molecule has 2 N–H and O–H groups in total. The molecular weight excluding hydrogens is 171 g/mol. The lowest BCUT2D eigenvalue weighted by atomic mass is 9.94. The summed E-state index contributed by atoms with van der Waals surface area (Å²) in [6.45, 7) is 1.37. The summed E-state index contributed by atoms with van der Waals surface area (Å²) < 4.78 is 36.6. The van der Waals surface area contributed by atoms with Crippen LogP contribution in [0.15, 0.2) is 0 Å². The van der Waals surface area contributed by atoms with Gasteiger partial charge >= 0.3 is 6.18 Å². The molecule has 1 aliphatic heterocycles. The molecule has 0 aromatic carbocycles. The first-order chi connectivity index (χ1) is 5.36. The minimum atomic E-state index is -4.55. The first kappa shape index (κ1) is 9.80. The third-order valence-corrected chi connectivity index (χ3v) is 2.31. The van der Waals surface area contributed by atoms with Crippen LogP contribution in [-0.4, -0.2) is 29.5 Å². The van der Waals surface area contributed by atoms with E-state index in [2.05, 4.69) is 5.32 Å². The monoisotopic (exact) mass is 183 g/mol. The molecule has 2 atom stereocenters. The molecule has 0 radical (unpaired) electrons. The summed E-state index contributed by atoms with van der Waals surface area (Å²) >= 11 is 0. The van der Waals surface area contributed by atoms with Crippen LogP contribution in [0.25, 0.3) is 0 Å². The van der Waals surface area contributed by atoms with Crippen molar-refractivity contribution in [3.63, 3.8) is 0 Å². The maximum atomic E-state index is 12.2. The second-order valence-corrected chi connectivity index (χ2v) is 3.29. The van der Waals surface area contributed by atoms with Gasteiger partial charge in [0.05, 0.1) is 0 Å². The minimum Gasteiger partial charge on any atom is -0.379 e. The van der Waals surface area contributed by atoms with E-state index < -0.39 is 17.8 Å². The predicted molar refractivity (Wildman–Crippen MR) is 37.7 cm³/mol. The summed E-state index contributed by atoms with van der Waals surface area (Å²) in [5.41, 5.74) is -2.59. The maximum Gasteiger partial charge on any atom is 0.418 e. The first-order valence-electron chi connectivity index (χ1n) is 3.88. The molecule has 0 aliphatic carbocycles. The highest BCUT2D eigenvalue weighted by atomic mass is 19.4. The van der Waals surface area contributed by atoms with E-state index in [9.17, 15) is 13.2 Å². The van der Waals surface area contributed by atoms with E-state index in [1.54, 1.807) is 0 Å². The van der Waals surface area contributed by atoms with Crippen LogP contribution in [-0.2, 0) is 0 Å². The smallest absolute Gasteiger partial charge is 0.379 e. The van der Waals surface area contributed by atoms with Gasteiger partial charge in [-0.15, -0.1) is 0 Å². The molecule has 1 aliphatic rings. The van der Waals surface area contributed by atoms with E-state index in [1.807, 2.05) is 0 Å². The maximum absolute atomic E-state index is 12.2. The zero-order chi connectivity index (χ0) is 9.41. The van der Waals surface area contributed by atoms with E-state index in [-0.39, 0.29) is 0 Å². The number of hydrogen-bond acceptors (Lipinski definition) is 2. The lowest BCUT2D eigenvalue weighted by Crippen LogP contribution is -2.55. The molecule has 1 rings (SSSR count). The van der Waals surface area contributed by atoms with Gasteiger partial charge < -0.3 is 10.4 Å². The SMILES string of the molecule is CC(O)([C@@H]1CCCN1)C(F)(F)F. The topological polar surface area (TPSA) is 32.3 Å². The summed E-state index contributed by atoms with van der Waals surface area (Å²) in [4.78, 5) is 0. The van der Waals surface area contributed by atoms with Gasteiger partial charge in [-0.2, -0.15) is 13.2 Å². The first-order valence-corrected chi connectivity index (χ1v) is 3.88. The van der Waals surface area contributed by atoms with Gasteiger partial charge in [0.1, 0.15) is 0 Å². The number of hydrogen-bond donors (Lipinski definition) is 2. The lowest BCUT2D eigenvalue weighted by molar-refractivity contribution is -0.261. The molecule has 0 amide bonds. The number of alkyl halides is 3. The second-order valence-electron chi connectivity index (χ2n) is 3.29. The molecule has 0 saturated carbocycles. The molecule has 1 unspecified atom stereocenters. The predicted octanol–water partition coefficient (Wildman–Crippen LogP) is 1.05. The summed E-state index contributed by atoms with van der Waals surface area (Å²) in [7, 11) is 0. The van der Waals surface area contributed by atoms with Gasteiger partial charge in [0, 0.05) is 6.04 Å². The average molecular weight is 183 g/mol. The van der Waals surface area contributed by atoms with Gasteiger partial charge in [-0.1, -0.05) is 0 Å². The van der Waals surface area contributed by atoms with Crippen molar-refractivity contribution in [2.24, 2.45) is 0 Å². The van der Waals surface area contributed by atoms with Crippen LogP contribution in [0.5, 0.6) is 0 Å². The summed E-state index contributed by atoms with van der Waals surface area (Å²) in [5.74, 6) is 0. The van der Waals surface area contributed by atoms with Crippen molar-refractivity contribution in [3.8, 4) is 0 Å². The molecule has 2 nitrogen and oxygen atoms in total. The molecule has 1 saturated heterocycles. The van der Waals surface area contributed by atoms with Crippen molar-refractivity contribution in [1.29, 1.82) is 0 Å².